The molecule has 0 aliphatic carbocycles. The van der Waals surface area contributed by atoms with E-state index in [4.69, 9.17) is 23.2 Å². The predicted molar refractivity (Wildman–Crippen MR) is 103 cm³/mol. The predicted octanol–water partition coefficient (Wildman–Crippen LogP) is 6.30. The molecule has 27 heavy (non-hydrogen) atoms. The zero-order chi connectivity index (χ0) is 20.2. The summed E-state index contributed by atoms with van der Waals surface area (Å²) >= 11 is 12.1. The summed E-state index contributed by atoms with van der Waals surface area (Å²) in [6, 6.07) is 9.28. The maximum absolute atomic E-state index is 13.5. The third-order valence-electron chi connectivity index (χ3n) is 3.86. The molecule has 0 aliphatic rings. The van der Waals surface area contributed by atoms with Gasteiger partial charge in [-0.25, -0.2) is 0 Å². The Bertz CT molecular complexity index is 843. The van der Waals surface area contributed by atoms with Gasteiger partial charge in [-0.3, -0.25) is 4.79 Å². The van der Waals surface area contributed by atoms with Crippen molar-refractivity contribution in [2.75, 3.05) is 0 Å². The van der Waals surface area contributed by atoms with Gasteiger partial charge in [0.1, 0.15) is 0 Å². The summed E-state index contributed by atoms with van der Waals surface area (Å²) in [7, 11) is 0. The van der Waals surface area contributed by atoms with Crippen molar-refractivity contribution in [3.05, 3.63) is 74.8 Å². The highest BCUT2D eigenvalue weighted by Crippen LogP contribution is 2.38. The number of alkyl halides is 3. The summed E-state index contributed by atoms with van der Waals surface area (Å²) in [6.07, 6.45) is -1.99. The molecule has 2 rings (SSSR count). The minimum absolute atomic E-state index is 0.0807. The van der Waals surface area contributed by atoms with E-state index >= 15 is 0 Å². The van der Waals surface area contributed by atoms with Gasteiger partial charge in [0, 0.05) is 23.5 Å². The highest BCUT2D eigenvalue weighted by atomic mass is 35.5. The maximum atomic E-state index is 13.5. The van der Waals surface area contributed by atoms with Crippen molar-refractivity contribution >= 4 is 35.2 Å². The molecule has 0 bridgehead atoms. The van der Waals surface area contributed by atoms with E-state index in [1.165, 1.54) is 25.1 Å². The SMILES string of the molecule is CC(=O)NCc1ccc(/C=C/C(c2cc(C)cc(Cl)c2)C(F)(F)F)cc1Cl. The number of amides is 1. The second kappa shape index (κ2) is 8.81. The van der Waals surface area contributed by atoms with Gasteiger partial charge in [0.15, 0.2) is 0 Å². The smallest absolute Gasteiger partial charge is 0.352 e. The largest absolute Gasteiger partial charge is 0.399 e. The van der Waals surface area contributed by atoms with Gasteiger partial charge in [-0.05, 0) is 47.4 Å². The van der Waals surface area contributed by atoms with Crippen LogP contribution in [0.1, 0.15) is 35.1 Å². The standard InChI is InChI=1S/C20H18Cl2F3NO/c1-12-7-16(10-17(21)8-12)18(20(23,24)25)6-4-14-3-5-15(19(22)9-14)11-26-13(2)27/h3-10,18H,11H2,1-2H3,(H,26,27)/b6-4+. The van der Waals surface area contributed by atoms with E-state index in [-0.39, 0.29) is 23.0 Å². The fourth-order valence-corrected chi connectivity index (χ4v) is 3.14. The lowest BCUT2D eigenvalue weighted by molar-refractivity contribution is -0.139. The van der Waals surface area contributed by atoms with Crippen molar-refractivity contribution in [3.8, 4) is 0 Å². The third kappa shape index (κ3) is 6.29. The van der Waals surface area contributed by atoms with Gasteiger partial charge in [-0.15, -0.1) is 0 Å². The summed E-state index contributed by atoms with van der Waals surface area (Å²) in [4.78, 5) is 11.0. The lowest BCUT2D eigenvalue weighted by atomic mass is 9.95. The summed E-state index contributed by atoms with van der Waals surface area (Å²) in [5.41, 5.74) is 1.95. The van der Waals surface area contributed by atoms with Gasteiger partial charge in [0.25, 0.3) is 0 Å². The van der Waals surface area contributed by atoms with Crippen LogP contribution in [-0.2, 0) is 11.3 Å². The first-order chi connectivity index (χ1) is 12.6. The minimum Gasteiger partial charge on any atom is -0.352 e. The van der Waals surface area contributed by atoms with Gasteiger partial charge in [-0.2, -0.15) is 13.2 Å². The van der Waals surface area contributed by atoms with Crippen molar-refractivity contribution in [1.82, 2.24) is 5.32 Å². The van der Waals surface area contributed by atoms with Crippen molar-refractivity contribution in [2.24, 2.45) is 0 Å². The number of aryl methyl sites for hydroxylation is 1. The van der Waals surface area contributed by atoms with E-state index in [0.29, 0.717) is 21.7 Å². The Morgan fingerprint density at radius 3 is 2.44 bits per heavy atom. The molecule has 0 saturated carbocycles. The van der Waals surface area contributed by atoms with Crippen molar-refractivity contribution in [3.63, 3.8) is 0 Å². The van der Waals surface area contributed by atoms with Crippen LogP contribution in [0.25, 0.3) is 6.08 Å². The van der Waals surface area contributed by atoms with Gasteiger partial charge in [0.05, 0.1) is 5.92 Å². The number of halogens is 5. The quantitative estimate of drug-likeness (QED) is 0.609. The molecule has 0 aromatic heterocycles. The fraction of sp³-hybridized carbons (Fsp3) is 0.250. The Labute approximate surface area is 166 Å². The second-order valence-electron chi connectivity index (χ2n) is 6.20. The molecule has 2 aromatic carbocycles. The minimum atomic E-state index is -4.46. The van der Waals surface area contributed by atoms with E-state index in [0.717, 1.165) is 6.08 Å². The summed E-state index contributed by atoms with van der Waals surface area (Å²) in [5.74, 6) is -1.98. The van der Waals surface area contributed by atoms with Gasteiger partial charge < -0.3 is 5.32 Å². The van der Waals surface area contributed by atoms with Gasteiger partial charge in [-0.1, -0.05) is 53.6 Å². The number of nitrogens with one attached hydrogen (secondary N) is 1. The molecule has 0 spiro atoms. The van der Waals surface area contributed by atoms with Gasteiger partial charge in [0.2, 0.25) is 5.91 Å². The van der Waals surface area contributed by atoms with E-state index in [9.17, 15) is 18.0 Å². The number of allylic oxidation sites excluding steroid dienone is 1. The Kier molecular flexibility index (Phi) is 6.95. The second-order valence-corrected chi connectivity index (χ2v) is 7.04. The Morgan fingerprint density at radius 2 is 1.89 bits per heavy atom. The molecule has 7 heteroatoms. The van der Waals surface area contributed by atoms with Crippen LogP contribution in [0, 0.1) is 6.92 Å². The number of carbonyl (C=O) groups excluding carboxylic acids is 1. The summed E-state index contributed by atoms with van der Waals surface area (Å²) in [6.45, 7) is 3.34. The van der Waals surface area contributed by atoms with Crippen LogP contribution in [0.4, 0.5) is 13.2 Å². The number of carbonyl (C=O) groups is 1. The van der Waals surface area contributed by atoms with Crippen LogP contribution in [0.3, 0.4) is 0 Å². The van der Waals surface area contributed by atoms with Crippen LogP contribution in [0.5, 0.6) is 0 Å². The number of rotatable bonds is 5. The molecule has 1 unspecified atom stereocenters. The molecule has 1 atom stereocenters. The zero-order valence-corrected chi connectivity index (χ0v) is 16.2. The number of hydrogen-bond donors (Lipinski definition) is 1. The molecule has 0 saturated heterocycles. The van der Waals surface area contributed by atoms with Crippen LogP contribution in [0.2, 0.25) is 10.0 Å². The molecule has 144 valence electrons. The average Bonchev–Trinajstić information content (AvgIpc) is 2.51. The Balaban J connectivity index is 2.28. The van der Waals surface area contributed by atoms with E-state index in [2.05, 4.69) is 5.32 Å². The van der Waals surface area contributed by atoms with Crippen molar-refractivity contribution < 1.29 is 18.0 Å². The fourth-order valence-electron chi connectivity index (χ4n) is 2.59. The van der Waals surface area contributed by atoms with Crippen molar-refractivity contribution in [2.45, 2.75) is 32.5 Å². The molecular weight excluding hydrogens is 398 g/mol. The lowest BCUT2D eigenvalue weighted by Crippen LogP contribution is -2.19. The third-order valence-corrected chi connectivity index (χ3v) is 4.43. The van der Waals surface area contributed by atoms with Crippen LogP contribution in [-0.4, -0.2) is 12.1 Å². The molecule has 0 aliphatic heterocycles. The van der Waals surface area contributed by atoms with E-state index in [1.54, 1.807) is 31.2 Å². The highest BCUT2D eigenvalue weighted by molar-refractivity contribution is 6.31. The molecule has 0 fully saturated rings. The highest BCUT2D eigenvalue weighted by Gasteiger charge is 2.39. The topological polar surface area (TPSA) is 29.1 Å². The zero-order valence-electron chi connectivity index (χ0n) is 14.7. The maximum Gasteiger partial charge on any atom is 0.399 e. The van der Waals surface area contributed by atoms with Crippen LogP contribution >= 0.6 is 23.2 Å². The molecule has 1 amide bonds. The molecule has 2 nitrogen and oxygen atoms in total. The summed E-state index contributed by atoms with van der Waals surface area (Å²) in [5, 5.41) is 3.25. The van der Waals surface area contributed by atoms with Crippen molar-refractivity contribution in [1.29, 1.82) is 0 Å². The first kappa shape index (κ1) is 21.3. The average molecular weight is 416 g/mol. The molecular formula is C20H18Cl2F3NO. The normalized spacial score (nSPS) is 13.0. The Hall–Kier alpha value is -1.98. The first-order valence-electron chi connectivity index (χ1n) is 8.11. The Morgan fingerprint density at radius 1 is 1.19 bits per heavy atom. The molecule has 2 aromatic rings. The lowest BCUT2D eigenvalue weighted by Gasteiger charge is -2.18. The molecule has 0 radical (unpaired) electrons. The number of hydrogen-bond acceptors (Lipinski definition) is 1. The van der Waals surface area contributed by atoms with Crippen LogP contribution < -0.4 is 5.32 Å². The summed E-state index contributed by atoms with van der Waals surface area (Å²) < 4.78 is 40.6. The van der Waals surface area contributed by atoms with Gasteiger partial charge >= 0.3 is 6.18 Å². The number of benzene rings is 2. The first-order valence-corrected chi connectivity index (χ1v) is 8.86. The van der Waals surface area contributed by atoms with E-state index in [1.807, 2.05) is 0 Å². The molecule has 1 N–H and O–H groups in total. The molecule has 0 heterocycles. The monoisotopic (exact) mass is 415 g/mol. The van der Waals surface area contributed by atoms with E-state index < -0.39 is 12.1 Å². The van der Waals surface area contributed by atoms with Crippen LogP contribution in [0.15, 0.2) is 42.5 Å².